The van der Waals surface area contributed by atoms with Crippen molar-refractivity contribution in [2.75, 3.05) is 51.8 Å². The van der Waals surface area contributed by atoms with Crippen LogP contribution in [0.15, 0.2) is 42.5 Å². The summed E-state index contributed by atoms with van der Waals surface area (Å²) < 4.78 is 10.9. The average molecular weight is 428 g/mol. The second kappa shape index (κ2) is 10.6. The number of carbonyl (C=O) groups excluding carboxylic acids is 1. The first kappa shape index (κ1) is 23.1. The number of carbonyl (C=O) groups is 1. The third kappa shape index (κ3) is 5.77. The van der Waals surface area contributed by atoms with Gasteiger partial charge in [0.1, 0.15) is 32.7 Å². The molecule has 31 heavy (non-hydrogen) atoms. The maximum atomic E-state index is 13.1. The summed E-state index contributed by atoms with van der Waals surface area (Å²) in [5.41, 5.74) is 3.50. The van der Waals surface area contributed by atoms with Gasteiger partial charge in [-0.3, -0.25) is 4.79 Å². The maximum absolute atomic E-state index is 13.1. The molecule has 1 aliphatic rings. The van der Waals surface area contributed by atoms with Crippen LogP contribution >= 0.6 is 0 Å². The Morgan fingerprint density at radius 3 is 2.13 bits per heavy atom. The smallest absolute Gasteiger partial charge is 0.282 e. The van der Waals surface area contributed by atoms with Crippen LogP contribution in [0.4, 0.5) is 5.69 Å². The minimum absolute atomic E-state index is 0.147. The van der Waals surface area contributed by atoms with Crippen molar-refractivity contribution in [1.82, 2.24) is 0 Å². The van der Waals surface area contributed by atoms with E-state index >= 15 is 0 Å². The minimum Gasteiger partial charge on any atom is -0.493 e. The van der Waals surface area contributed by atoms with Crippen LogP contribution in [0.3, 0.4) is 0 Å². The molecule has 0 aromatic heterocycles. The van der Waals surface area contributed by atoms with Gasteiger partial charge < -0.3 is 24.2 Å². The number of quaternary nitrogens is 2. The zero-order chi connectivity index (χ0) is 22.4. The number of ether oxygens (including phenoxy) is 2. The van der Waals surface area contributed by atoms with Gasteiger partial charge in [-0.15, -0.1) is 0 Å². The summed E-state index contributed by atoms with van der Waals surface area (Å²) in [5, 5.41) is 0. The zero-order valence-corrected chi connectivity index (χ0v) is 19.5. The average Bonchev–Trinajstić information content (AvgIpc) is 2.76. The molecule has 2 aromatic carbocycles. The van der Waals surface area contributed by atoms with Crippen LogP contribution in [0.5, 0.6) is 11.5 Å². The molecule has 0 spiro atoms. The van der Waals surface area contributed by atoms with Gasteiger partial charge in [-0.25, -0.2) is 0 Å². The molecule has 0 saturated carbocycles. The van der Waals surface area contributed by atoms with Crippen LogP contribution in [-0.4, -0.2) is 58.9 Å². The first-order chi connectivity index (χ1) is 14.9. The molecular formula is C25H37N3O3+2. The van der Waals surface area contributed by atoms with E-state index in [9.17, 15) is 4.79 Å². The number of methoxy groups -OCH3 is 2. The van der Waals surface area contributed by atoms with Crippen LogP contribution in [0.2, 0.25) is 0 Å². The van der Waals surface area contributed by atoms with E-state index in [0.717, 1.165) is 49.9 Å². The Morgan fingerprint density at radius 1 is 0.968 bits per heavy atom. The minimum atomic E-state index is 0.147. The van der Waals surface area contributed by atoms with Gasteiger partial charge in [0, 0.05) is 17.3 Å². The molecule has 0 unspecified atom stereocenters. The summed E-state index contributed by atoms with van der Waals surface area (Å²) >= 11 is 0. The molecule has 1 fully saturated rings. The fraction of sp³-hybridized carbons (Fsp3) is 0.480. The molecule has 1 heterocycles. The van der Waals surface area contributed by atoms with E-state index in [1.165, 1.54) is 16.0 Å². The number of para-hydroxylation sites is 1. The highest BCUT2D eigenvalue weighted by Gasteiger charge is 2.28. The molecule has 0 aliphatic carbocycles. The molecule has 0 atom stereocenters. The quantitative estimate of drug-likeness (QED) is 0.653. The SMILES string of the molecule is COc1cc(C)c(C[NH+]2CC[NH+](CC(=O)N(c3ccccc3)C(C)C)CC2)cc1OC. The molecule has 0 radical (unpaired) electrons. The van der Waals surface area contributed by atoms with Gasteiger partial charge in [0.2, 0.25) is 0 Å². The van der Waals surface area contributed by atoms with Crippen LogP contribution < -0.4 is 24.2 Å². The summed E-state index contributed by atoms with van der Waals surface area (Å²) in [6.07, 6.45) is 0. The fourth-order valence-corrected chi connectivity index (χ4v) is 4.41. The molecule has 2 N–H and O–H groups in total. The predicted molar refractivity (Wildman–Crippen MR) is 123 cm³/mol. The normalized spacial score (nSPS) is 18.6. The van der Waals surface area contributed by atoms with Crippen molar-refractivity contribution >= 4 is 11.6 Å². The van der Waals surface area contributed by atoms with Gasteiger partial charge in [0.25, 0.3) is 5.91 Å². The predicted octanol–water partition coefficient (Wildman–Crippen LogP) is 0.737. The molecule has 1 saturated heterocycles. The number of rotatable bonds is 8. The van der Waals surface area contributed by atoms with E-state index in [1.807, 2.05) is 35.2 Å². The first-order valence-electron chi connectivity index (χ1n) is 11.2. The molecular weight excluding hydrogens is 390 g/mol. The van der Waals surface area contributed by atoms with Crippen LogP contribution in [0.25, 0.3) is 0 Å². The van der Waals surface area contributed by atoms with Crippen molar-refractivity contribution in [1.29, 1.82) is 0 Å². The number of benzene rings is 2. The zero-order valence-electron chi connectivity index (χ0n) is 19.5. The van der Waals surface area contributed by atoms with E-state index in [0.29, 0.717) is 6.54 Å². The van der Waals surface area contributed by atoms with Crippen molar-refractivity contribution in [3.05, 3.63) is 53.6 Å². The van der Waals surface area contributed by atoms with Crippen molar-refractivity contribution in [3.63, 3.8) is 0 Å². The largest absolute Gasteiger partial charge is 0.493 e. The Labute approximate surface area is 186 Å². The van der Waals surface area contributed by atoms with Crippen molar-refractivity contribution in [2.45, 2.75) is 33.4 Å². The van der Waals surface area contributed by atoms with Gasteiger partial charge in [-0.1, -0.05) is 18.2 Å². The second-order valence-corrected chi connectivity index (χ2v) is 8.68. The van der Waals surface area contributed by atoms with Crippen molar-refractivity contribution in [2.24, 2.45) is 0 Å². The van der Waals surface area contributed by atoms with Gasteiger partial charge >= 0.3 is 0 Å². The molecule has 0 bridgehead atoms. The van der Waals surface area contributed by atoms with E-state index in [2.05, 4.69) is 32.9 Å². The molecule has 6 heteroatoms. The van der Waals surface area contributed by atoms with E-state index in [-0.39, 0.29) is 11.9 Å². The molecule has 6 nitrogen and oxygen atoms in total. The van der Waals surface area contributed by atoms with Gasteiger partial charge in [0.15, 0.2) is 18.0 Å². The Morgan fingerprint density at radius 2 is 1.55 bits per heavy atom. The number of amides is 1. The lowest BCUT2D eigenvalue weighted by atomic mass is 10.1. The summed E-state index contributed by atoms with van der Waals surface area (Å²) in [4.78, 5) is 17.9. The highest BCUT2D eigenvalue weighted by atomic mass is 16.5. The van der Waals surface area contributed by atoms with Gasteiger partial charge in [-0.05, 0) is 50.6 Å². The standard InChI is InChI=1S/C25H35N3O3/c1-19(2)28(22-9-7-6-8-10-22)25(29)18-27-13-11-26(12-14-27)17-21-16-24(31-5)23(30-4)15-20(21)3/h6-10,15-16,19H,11-14,17-18H2,1-5H3/p+2. The highest BCUT2D eigenvalue weighted by molar-refractivity contribution is 5.94. The number of nitrogens with zero attached hydrogens (tertiary/aromatic N) is 1. The molecule has 2 aromatic rings. The third-order valence-corrected chi connectivity index (χ3v) is 6.17. The topological polar surface area (TPSA) is 47.7 Å². The van der Waals surface area contributed by atoms with Crippen LogP contribution in [0.1, 0.15) is 25.0 Å². The lowest BCUT2D eigenvalue weighted by Gasteiger charge is -2.32. The third-order valence-electron chi connectivity index (χ3n) is 6.17. The van der Waals surface area contributed by atoms with E-state index in [1.54, 1.807) is 19.1 Å². The number of anilines is 1. The van der Waals surface area contributed by atoms with Gasteiger partial charge in [-0.2, -0.15) is 0 Å². The number of hydrogen-bond donors (Lipinski definition) is 2. The monoisotopic (exact) mass is 427 g/mol. The summed E-state index contributed by atoms with van der Waals surface area (Å²) in [5.74, 6) is 1.77. The summed E-state index contributed by atoms with van der Waals surface area (Å²) in [7, 11) is 3.35. The van der Waals surface area contributed by atoms with Crippen molar-refractivity contribution in [3.8, 4) is 11.5 Å². The van der Waals surface area contributed by atoms with Crippen LogP contribution in [-0.2, 0) is 11.3 Å². The van der Waals surface area contributed by atoms with E-state index < -0.39 is 0 Å². The fourth-order valence-electron chi connectivity index (χ4n) is 4.41. The van der Waals surface area contributed by atoms with Crippen LogP contribution in [0, 0.1) is 6.92 Å². The number of piperazine rings is 1. The van der Waals surface area contributed by atoms with Gasteiger partial charge in [0.05, 0.1) is 14.2 Å². The molecule has 3 rings (SSSR count). The van der Waals surface area contributed by atoms with Crippen molar-refractivity contribution < 1.29 is 24.1 Å². The first-order valence-corrected chi connectivity index (χ1v) is 11.2. The molecule has 168 valence electrons. The number of nitrogens with one attached hydrogen (secondary N) is 2. The number of aryl methyl sites for hydroxylation is 1. The molecule has 1 aliphatic heterocycles. The Kier molecular flexibility index (Phi) is 7.93. The van der Waals surface area contributed by atoms with E-state index in [4.69, 9.17) is 9.47 Å². The number of hydrogen-bond acceptors (Lipinski definition) is 3. The Balaban J connectivity index is 1.57. The Bertz CT molecular complexity index is 862. The summed E-state index contributed by atoms with van der Waals surface area (Å²) in [6.45, 7) is 11.9. The summed E-state index contributed by atoms with van der Waals surface area (Å²) in [6, 6.07) is 14.3. The Hall–Kier alpha value is -2.57. The lowest BCUT2D eigenvalue weighted by molar-refractivity contribution is -1.02. The lowest BCUT2D eigenvalue weighted by Crippen LogP contribution is -3.28. The maximum Gasteiger partial charge on any atom is 0.282 e. The highest BCUT2D eigenvalue weighted by Crippen LogP contribution is 2.29. The second-order valence-electron chi connectivity index (χ2n) is 8.68. The molecule has 1 amide bonds.